The molecule has 648 valence electrons. The molecule has 8 rings (SSSR count). The molecule has 29 nitrogen and oxygen atoms in total. The molecule has 0 spiro atoms. The number of halogens is 4. The van der Waals surface area contributed by atoms with Crippen LogP contribution in [0.1, 0.15) is 148 Å². The number of hydrogen-bond acceptors (Lipinski definition) is 28. The third-order valence-electron chi connectivity index (χ3n) is 18.2. The number of ether oxygens (including phenoxy) is 12. The number of rotatable bonds is 38. The number of allylic oxidation sites excluding steroid dienone is 3. The van der Waals surface area contributed by atoms with E-state index in [9.17, 15) is 57.5 Å². The van der Waals surface area contributed by atoms with Gasteiger partial charge < -0.3 is 84.8 Å². The zero-order valence-corrected chi connectivity index (χ0v) is 74.2. The number of ketones is 3. The Balaban J connectivity index is 0.000000911. The van der Waals surface area contributed by atoms with E-state index in [4.69, 9.17) is 110 Å². The number of aliphatic hydroxyl groups is 1. The number of carbonyl (C=O) groups is 12. The van der Waals surface area contributed by atoms with Gasteiger partial charge in [0.05, 0.1) is 137 Å². The number of hydrogen-bond donors (Lipinski definition) is 4. The van der Waals surface area contributed by atoms with Gasteiger partial charge in [-0.2, -0.15) is 0 Å². The third kappa shape index (κ3) is 37.4. The molecule has 118 heavy (non-hydrogen) atoms. The molecule has 0 amide bonds. The van der Waals surface area contributed by atoms with Crippen LogP contribution in [0.15, 0.2) is 130 Å². The van der Waals surface area contributed by atoms with Crippen molar-refractivity contribution in [3.8, 4) is 0 Å². The predicted octanol–water partition coefficient (Wildman–Crippen LogP) is 7.51. The van der Waals surface area contributed by atoms with Gasteiger partial charge in [0.15, 0.2) is 23.6 Å². The zero-order chi connectivity index (χ0) is 87.1. The minimum atomic E-state index is -0.829. The number of nitrogens with one attached hydrogen (secondary N) is 2. The van der Waals surface area contributed by atoms with Gasteiger partial charge in [0.25, 0.3) is 0 Å². The molecule has 3 aromatic carbocycles. The Morgan fingerprint density at radius 3 is 1.14 bits per heavy atom. The number of benzene rings is 3. The van der Waals surface area contributed by atoms with Crippen molar-refractivity contribution in [2.45, 2.75) is 125 Å². The SMILES string of the molecule is CCOC(=O)C1=C(COCC2CC(COCC3=C(C(=O)OCC)C(c4ccccc4Cl)C(C(=O)OC)=C(C)N3)C2)NC(C)=C(C(=O)OC)C1c1ccccc1Cl.CCOC(=O)CC(=O)CCl.CCOC(=O)CC(=O)COCC1CC(COCC(=O)CC(=O)OCC)C1.COC(=O)C=C(C)N.O=Cc1ccccc1Cl.OCC1CC(C[OH2+])C1.[H-].[Na+]. The number of esters is 8. The fourth-order valence-electron chi connectivity index (χ4n) is 12.6. The fraction of sp³-hybridized carbons (Fsp3) is 0.524. The smallest absolute Gasteiger partial charge is 1.00 e. The minimum absolute atomic E-state index is 0. The van der Waals surface area contributed by atoms with Crippen LogP contribution in [0.5, 0.6) is 0 Å². The van der Waals surface area contributed by atoms with Crippen molar-refractivity contribution in [2.24, 2.45) is 41.2 Å². The maximum Gasteiger partial charge on any atom is 1.00 e. The average molecular weight is 1750 g/mol. The topological polar surface area (TPSA) is 409 Å². The van der Waals surface area contributed by atoms with Crippen LogP contribution < -0.4 is 45.9 Å². The number of methoxy groups -OCH3 is 3. The molecule has 0 saturated heterocycles. The van der Waals surface area contributed by atoms with Crippen LogP contribution in [-0.2, 0) is 110 Å². The second-order valence-electron chi connectivity index (χ2n) is 27.2. The van der Waals surface area contributed by atoms with Gasteiger partial charge in [0, 0.05) is 64.5 Å². The fourth-order valence-corrected chi connectivity index (χ4v) is 13.4. The van der Waals surface area contributed by atoms with Gasteiger partial charge in [-0.05, 0) is 153 Å². The first-order valence-electron chi connectivity index (χ1n) is 38.2. The molecule has 5 aliphatic rings. The van der Waals surface area contributed by atoms with E-state index in [0.29, 0.717) is 130 Å². The van der Waals surface area contributed by atoms with Crippen molar-refractivity contribution < 1.29 is 156 Å². The first-order chi connectivity index (χ1) is 56.0. The molecule has 2 heterocycles. The summed E-state index contributed by atoms with van der Waals surface area (Å²) in [7, 11) is 3.89. The predicted molar refractivity (Wildman–Crippen MR) is 436 cm³/mol. The van der Waals surface area contributed by atoms with E-state index in [1.807, 2.05) is 0 Å². The summed E-state index contributed by atoms with van der Waals surface area (Å²) < 4.78 is 62.3. The number of aliphatic hydroxyl groups excluding tert-OH is 1. The normalized spacial score (nSPS) is 18.7. The maximum atomic E-state index is 13.5. The summed E-state index contributed by atoms with van der Waals surface area (Å²) >= 11 is 24.0. The van der Waals surface area contributed by atoms with Crippen LogP contribution in [0.2, 0.25) is 15.1 Å². The standard InChI is InChI=1S/C42H48Cl2N2O10.C18H28O8.C7H5ClO.C6H9ClO3.C6H12O2.C5H9NO2.Na.H/c1-7-55-41(49)37-31(45-23(3)33(39(47)51-5)35(37)27-13-9-11-15-29(27)43)21-53-19-25-17-26(18-25)20-54-22-32-38(42(50)56-8-2)36(28-14-10-12-16-30(28)44)34(24(4)46-32)40(48)52-6;1-3-25-17(21)7-15(19)11-23-9-13-5-14(6-13)10-24-12-16(20)8-18(22)26-4-2;8-7-4-2-1-3-6(7)5-9;1-2-10-6(9)3-5(8)4-7;7-3-5-1-6(2-5)4-8;1-4(6)3-5(7)8-2;;/h9-16,25-26,35-36,45-46H,7-8,17-22H2,1-6H3;13-14H,3-12H2,1-2H3;1-5H;2-4H2,1H3;5-8H,1-4H2;3H,6H2,1-2H3;;/q;;;;;;+1;-1/p+1. The zero-order valence-electron chi connectivity index (χ0n) is 70.2. The van der Waals surface area contributed by atoms with Gasteiger partial charge in [-0.25, -0.2) is 24.0 Å². The summed E-state index contributed by atoms with van der Waals surface area (Å²) in [5.41, 5.74) is 10.3. The van der Waals surface area contributed by atoms with Crippen LogP contribution >= 0.6 is 46.4 Å². The van der Waals surface area contributed by atoms with Gasteiger partial charge in [0.2, 0.25) is 0 Å². The summed E-state index contributed by atoms with van der Waals surface area (Å²) in [5, 5.41) is 23.2. The maximum absolute atomic E-state index is 13.5. The summed E-state index contributed by atoms with van der Waals surface area (Å²) in [5.74, 6) is -4.64. The van der Waals surface area contributed by atoms with Gasteiger partial charge in [-0.1, -0.05) is 89.4 Å². The molecular weight excluding hydrogens is 1630 g/mol. The molecule has 2 aliphatic heterocycles. The first kappa shape index (κ1) is 106. The molecule has 2 unspecified atom stereocenters. The molecule has 3 saturated carbocycles. The van der Waals surface area contributed by atoms with Crippen LogP contribution in [0, 0.1) is 35.5 Å². The van der Waals surface area contributed by atoms with E-state index in [1.165, 1.54) is 27.4 Å². The van der Waals surface area contributed by atoms with Crippen molar-refractivity contribution in [1.82, 2.24) is 10.6 Å². The molecule has 0 bridgehead atoms. The van der Waals surface area contributed by atoms with E-state index in [2.05, 4.69) is 20.1 Å². The number of alkyl halides is 1. The van der Waals surface area contributed by atoms with Crippen molar-refractivity contribution in [3.05, 3.63) is 161 Å². The number of carbonyl (C=O) groups excluding carboxylic acids is 12. The molecule has 3 aliphatic carbocycles. The monoisotopic (exact) mass is 1740 g/mol. The molecule has 3 aromatic rings. The quantitative estimate of drug-likeness (QED) is 0.00629. The Kier molecular flexibility index (Phi) is 53.0. The molecule has 0 aromatic heterocycles. The molecular formula is C84H113Cl4N3NaO26+. The van der Waals surface area contributed by atoms with Crippen molar-refractivity contribution in [1.29, 1.82) is 0 Å². The Hall–Kier alpha value is -7.88. The molecule has 2 atom stereocenters. The van der Waals surface area contributed by atoms with Crippen LogP contribution in [0.3, 0.4) is 0 Å². The summed E-state index contributed by atoms with van der Waals surface area (Å²) in [6.45, 7) is 17.3. The van der Waals surface area contributed by atoms with Crippen LogP contribution in [0.4, 0.5) is 0 Å². The molecule has 7 N–H and O–H groups in total. The molecule has 0 radical (unpaired) electrons. The van der Waals surface area contributed by atoms with Gasteiger partial charge in [0.1, 0.15) is 39.1 Å². The minimum Gasteiger partial charge on any atom is -1.00 e. The number of dihydropyridines is 2. The van der Waals surface area contributed by atoms with E-state index >= 15 is 0 Å². The van der Waals surface area contributed by atoms with E-state index < -0.39 is 59.6 Å². The summed E-state index contributed by atoms with van der Waals surface area (Å²) in [6, 6.07) is 21.0. The number of aldehydes is 1. The first-order valence-corrected chi connectivity index (χ1v) is 39.9. The van der Waals surface area contributed by atoms with Gasteiger partial charge in [-0.15, -0.1) is 11.6 Å². The van der Waals surface area contributed by atoms with Crippen LogP contribution in [0.25, 0.3) is 0 Å². The Morgan fingerprint density at radius 2 is 0.839 bits per heavy atom. The Morgan fingerprint density at radius 1 is 0.492 bits per heavy atom. The third-order valence-corrected chi connectivity index (χ3v) is 19.5. The van der Waals surface area contributed by atoms with Gasteiger partial charge in [-0.3, -0.25) is 33.6 Å². The molecule has 34 heteroatoms. The van der Waals surface area contributed by atoms with E-state index in [-0.39, 0.29) is 160 Å². The van der Waals surface area contributed by atoms with E-state index in [0.717, 1.165) is 44.8 Å². The van der Waals surface area contributed by atoms with E-state index in [1.54, 1.807) is 128 Å². The number of Topliss-reactive ketones (excluding diaryl/α,β-unsaturated/α-hetero) is 3. The second kappa shape index (κ2) is 58.9. The number of nitrogens with two attached hydrogens (primary N) is 1. The second-order valence-corrected chi connectivity index (χ2v) is 28.7. The summed E-state index contributed by atoms with van der Waals surface area (Å²) in [4.78, 5) is 140. The average Bonchev–Trinajstić information content (AvgIpc) is 0.762. The summed E-state index contributed by atoms with van der Waals surface area (Å²) in [6.07, 6.45) is 6.89. The van der Waals surface area contributed by atoms with Gasteiger partial charge >= 0.3 is 77.3 Å². The molecule has 3 fully saturated rings. The van der Waals surface area contributed by atoms with Crippen molar-refractivity contribution in [3.63, 3.8) is 0 Å². The van der Waals surface area contributed by atoms with Crippen LogP contribution in [-0.4, -0.2) is 208 Å². The Labute approximate surface area is 733 Å². The Bertz CT molecular complexity index is 3780. The van der Waals surface area contributed by atoms with Crippen molar-refractivity contribution in [2.75, 3.05) is 126 Å². The largest absolute Gasteiger partial charge is 1.00 e. The van der Waals surface area contributed by atoms with Crippen molar-refractivity contribution >= 4 is 118 Å².